The Morgan fingerprint density at radius 2 is 1.46 bits per heavy atom. The predicted octanol–water partition coefficient (Wildman–Crippen LogP) is 4.58. The van der Waals surface area contributed by atoms with Crippen LogP contribution in [0.4, 0.5) is 39.5 Å². The first-order chi connectivity index (χ1) is 12.6. The van der Waals surface area contributed by atoms with Gasteiger partial charge in [-0.3, -0.25) is 4.28 Å². The Morgan fingerprint density at radius 1 is 0.893 bits per heavy atom. The van der Waals surface area contributed by atoms with Crippen molar-refractivity contribution in [2.24, 2.45) is 5.16 Å². The van der Waals surface area contributed by atoms with Crippen molar-refractivity contribution in [2.75, 3.05) is 0 Å². The molecule has 1 aliphatic carbocycles. The topological polar surface area (TPSA) is 55.7 Å². The molecule has 0 spiro atoms. The fourth-order valence-electron chi connectivity index (χ4n) is 2.06. The van der Waals surface area contributed by atoms with E-state index >= 15 is 0 Å². The van der Waals surface area contributed by atoms with Gasteiger partial charge in [0, 0.05) is 12.0 Å². The maximum absolute atomic E-state index is 13.5. The van der Waals surface area contributed by atoms with Crippen LogP contribution >= 0.6 is 0 Å². The molecule has 0 fully saturated rings. The molecular weight excluding hydrogens is 433 g/mol. The number of oxime groups is 1. The van der Waals surface area contributed by atoms with Gasteiger partial charge in [0.2, 0.25) is 0 Å². The van der Waals surface area contributed by atoms with Gasteiger partial charge in [-0.05, 0) is 5.56 Å². The highest BCUT2D eigenvalue weighted by Crippen LogP contribution is 2.55. The Morgan fingerprint density at radius 3 is 2.04 bits per heavy atom. The second-order valence-corrected chi connectivity index (χ2v) is 6.99. The number of allylic oxidation sites excluding steroid dienone is 1. The first kappa shape index (κ1) is 22.0. The van der Waals surface area contributed by atoms with Crippen molar-refractivity contribution < 1.29 is 52.2 Å². The molecule has 2 rings (SSSR count). The Bertz CT molecular complexity index is 920. The quantitative estimate of drug-likeness (QED) is 0.497. The lowest BCUT2D eigenvalue weighted by molar-refractivity contribution is -0.382. The molecule has 1 aromatic rings. The van der Waals surface area contributed by atoms with Gasteiger partial charge in [0.05, 0.1) is 5.71 Å². The second kappa shape index (κ2) is 6.67. The summed E-state index contributed by atoms with van der Waals surface area (Å²) in [6, 6.07) is 5.78. The SMILES string of the molecule is O=S(=O)(ON=C1CC=Cc2ccccc21)C(F)(F)C(F)(F)C(F)(F)C(F)(F)F. The Hall–Kier alpha value is -2.25. The molecule has 0 atom stereocenters. The molecule has 0 radical (unpaired) electrons. The lowest BCUT2D eigenvalue weighted by atomic mass is 9.96. The summed E-state index contributed by atoms with van der Waals surface area (Å²) in [6.45, 7) is 0. The largest absolute Gasteiger partial charge is 0.460 e. The van der Waals surface area contributed by atoms with Crippen LogP contribution in [-0.2, 0) is 14.4 Å². The van der Waals surface area contributed by atoms with Crippen LogP contribution in [0.3, 0.4) is 0 Å². The van der Waals surface area contributed by atoms with E-state index in [1.54, 1.807) is 0 Å². The molecule has 0 heterocycles. The van der Waals surface area contributed by atoms with Gasteiger partial charge in [-0.1, -0.05) is 41.6 Å². The van der Waals surface area contributed by atoms with E-state index in [4.69, 9.17) is 0 Å². The van der Waals surface area contributed by atoms with Gasteiger partial charge in [-0.25, -0.2) is 0 Å². The standard InChI is InChI=1S/C14H8F9NO3S/c15-11(16,13(19,20)21)12(17,18)14(22,23)28(25,26)27-24-10-7-3-5-8-4-1-2-6-9(8)10/h1-6H,7H2. The first-order valence-corrected chi connectivity index (χ1v) is 8.43. The molecule has 0 saturated heterocycles. The minimum Gasteiger partial charge on any atom is -0.264 e. The van der Waals surface area contributed by atoms with Gasteiger partial charge >= 0.3 is 33.4 Å². The van der Waals surface area contributed by atoms with E-state index in [1.165, 1.54) is 36.4 Å². The zero-order chi connectivity index (χ0) is 21.6. The maximum Gasteiger partial charge on any atom is 0.460 e. The summed E-state index contributed by atoms with van der Waals surface area (Å²) in [6.07, 6.45) is -4.49. The molecule has 4 nitrogen and oxygen atoms in total. The van der Waals surface area contributed by atoms with Gasteiger partial charge in [-0.15, -0.1) is 0 Å². The molecule has 1 aromatic carbocycles. The molecular formula is C14H8F9NO3S. The third kappa shape index (κ3) is 3.33. The average Bonchev–Trinajstić information content (AvgIpc) is 2.58. The molecule has 0 unspecified atom stereocenters. The van der Waals surface area contributed by atoms with Gasteiger partial charge in [-0.2, -0.15) is 47.9 Å². The number of benzene rings is 1. The fourth-order valence-corrected chi connectivity index (χ4v) is 2.78. The summed E-state index contributed by atoms with van der Waals surface area (Å²) in [5.41, 5.74) is 0.202. The minimum absolute atomic E-state index is 0.149. The van der Waals surface area contributed by atoms with E-state index in [0.717, 1.165) is 0 Å². The van der Waals surface area contributed by atoms with Gasteiger partial charge in [0.15, 0.2) is 0 Å². The first-order valence-electron chi connectivity index (χ1n) is 7.02. The molecule has 156 valence electrons. The number of fused-ring (bicyclic) bond motifs is 1. The smallest absolute Gasteiger partial charge is 0.264 e. The Labute approximate surface area is 151 Å². The monoisotopic (exact) mass is 441 g/mol. The molecule has 14 heteroatoms. The fraction of sp³-hybridized carbons (Fsp3) is 0.357. The molecule has 0 aromatic heterocycles. The predicted molar refractivity (Wildman–Crippen MR) is 77.5 cm³/mol. The number of hydrogen-bond acceptors (Lipinski definition) is 4. The summed E-state index contributed by atoms with van der Waals surface area (Å²) in [7, 11) is -7.04. The highest BCUT2D eigenvalue weighted by molar-refractivity contribution is 7.87. The van der Waals surface area contributed by atoms with Gasteiger partial charge in [0.1, 0.15) is 0 Å². The lowest BCUT2D eigenvalue weighted by Gasteiger charge is -2.31. The number of alkyl halides is 9. The number of halogens is 9. The Kier molecular flexibility index (Phi) is 5.25. The van der Waals surface area contributed by atoms with E-state index in [0.29, 0.717) is 5.56 Å². The van der Waals surface area contributed by atoms with Crippen LogP contribution in [0.2, 0.25) is 0 Å². The van der Waals surface area contributed by atoms with Crippen LogP contribution in [0.1, 0.15) is 17.5 Å². The van der Waals surface area contributed by atoms with Crippen LogP contribution in [0.25, 0.3) is 6.08 Å². The van der Waals surface area contributed by atoms with Crippen LogP contribution in [0.5, 0.6) is 0 Å². The molecule has 0 saturated carbocycles. The summed E-state index contributed by atoms with van der Waals surface area (Å²) < 4.78 is 141. The molecule has 28 heavy (non-hydrogen) atoms. The van der Waals surface area contributed by atoms with E-state index in [2.05, 4.69) is 9.44 Å². The number of rotatable bonds is 5. The highest BCUT2D eigenvalue weighted by atomic mass is 32.2. The summed E-state index contributed by atoms with van der Waals surface area (Å²) >= 11 is 0. The molecule has 0 N–H and O–H groups in total. The number of nitrogens with zero attached hydrogens (tertiary/aromatic N) is 1. The molecule has 1 aliphatic rings. The summed E-state index contributed by atoms with van der Waals surface area (Å²) in [4.78, 5) is 0. The number of hydrogen-bond donors (Lipinski definition) is 0. The average molecular weight is 441 g/mol. The van der Waals surface area contributed by atoms with E-state index in [9.17, 15) is 47.9 Å². The van der Waals surface area contributed by atoms with E-state index in [1.807, 2.05) is 0 Å². The van der Waals surface area contributed by atoms with Crippen molar-refractivity contribution in [2.45, 2.75) is 29.7 Å². The van der Waals surface area contributed by atoms with E-state index < -0.39 is 33.4 Å². The molecule has 0 aliphatic heterocycles. The van der Waals surface area contributed by atoms with Crippen molar-refractivity contribution in [3.8, 4) is 0 Å². The van der Waals surface area contributed by atoms with Gasteiger partial charge < -0.3 is 0 Å². The lowest BCUT2D eigenvalue weighted by Crippen LogP contribution is -2.63. The third-order valence-electron chi connectivity index (χ3n) is 3.56. The molecule has 0 amide bonds. The van der Waals surface area contributed by atoms with Crippen LogP contribution in [0.15, 0.2) is 35.5 Å². The second-order valence-electron chi connectivity index (χ2n) is 5.42. The summed E-state index contributed by atoms with van der Waals surface area (Å²) in [5, 5.41) is -4.19. The summed E-state index contributed by atoms with van der Waals surface area (Å²) in [5.74, 6) is -14.7. The van der Waals surface area contributed by atoms with Crippen LogP contribution in [-0.4, -0.2) is 37.4 Å². The van der Waals surface area contributed by atoms with Crippen molar-refractivity contribution in [3.05, 3.63) is 41.5 Å². The molecule has 0 bridgehead atoms. The van der Waals surface area contributed by atoms with Gasteiger partial charge in [0.25, 0.3) is 0 Å². The Balaban J connectivity index is 2.40. The minimum atomic E-state index is -7.37. The normalized spacial score (nSPS) is 17.5. The maximum atomic E-state index is 13.5. The third-order valence-corrected chi connectivity index (χ3v) is 4.71. The van der Waals surface area contributed by atoms with Crippen LogP contribution < -0.4 is 0 Å². The van der Waals surface area contributed by atoms with Crippen LogP contribution in [0, 0.1) is 0 Å². The van der Waals surface area contributed by atoms with Crippen molar-refractivity contribution in [1.29, 1.82) is 0 Å². The van der Waals surface area contributed by atoms with Crippen molar-refractivity contribution >= 4 is 21.9 Å². The van der Waals surface area contributed by atoms with E-state index in [-0.39, 0.29) is 17.7 Å². The zero-order valence-corrected chi connectivity index (χ0v) is 14.0. The van der Waals surface area contributed by atoms with Crippen molar-refractivity contribution in [1.82, 2.24) is 0 Å². The highest BCUT2D eigenvalue weighted by Gasteiger charge is 2.86. The van der Waals surface area contributed by atoms with Crippen molar-refractivity contribution in [3.63, 3.8) is 0 Å². The zero-order valence-electron chi connectivity index (χ0n) is 13.2.